The van der Waals surface area contributed by atoms with Crippen LogP contribution in [0.1, 0.15) is 52.6 Å². The Labute approximate surface area is 287 Å². The van der Waals surface area contributed by atoms with Crippen LogP contribution >= 0.6 is 0 Å². The lowest BCUT2D eigenvalue weighted by molar-refractivity contribution is -0.121. The molecule has 2 aliphatic rings. The largest absolute Gasteiger partial charge is 0.478 e. The molecule has 0 aliphatic carbocycles. The highest BCUT2D eigenvalue weighted by atomic mass is 16.5. The van der Waals surface area contributed by atoms with Crippen LogP contribution in [0, 0.1) is 0 Å². The molecular weight excluding hydrogens is 664 g/mol. The standard InChI is InChI=1S/C37H22N2O12/c40-30-13-14-31(41)38(30)24-7-3-22(4-8-24)36(48)50-28-11-1-20(18-26(28)34(44)45)17-21-2-12-29(27(19-21)35(46)47)51-37(49)23-5-9-25(10-6-23)39-32(42)15-16-33(39)43/h1-16,18-19H,17H2,(H,44,45)(H,46,47). The number of aromatic carboxylic acids is 2. The first kappa shape index (κ1) is 33.4. The fourth-order valence-corrected chi connectivity index (χ4v) is 5.24. The Balaban J connectivity index is 1.14. The minimum atomic E-state index is -1.40. The maximum Gasteiger partial charge on any atom is 0.343 e. The van der Waals surface area contributed by atoms with E-state index in [1.807, 2.05) is 0 Å². The van der Waals surface area contributed by atoms with Crippen molar-refractivity contribution in [2.45, 2.75) is 6.42 Å². The molecule has 14 heteroatoms. The normalized spacial score (nSPS) is 13.6. The first-order valence-electron chi connectivity index (χ1n) is 14.9. The van der Waals surface area contributed by atoms with E-state index >= 15 is 0 Å². The quantitative estimate of drug-likeness (QED) is 0.138. The summed E-state index contributed by atoms with van der Waals surface area (Å²) in [6.07, 6.45) is 4.53. The summed E-state index contributed by atoms with van der Waals surface area (Å²) < 4.78 is 10.7. The average Bonchev–Trinajstić information content (AvgIpc) is 3.63. The van der Waals surface area contributed by atoms with Gasteiger partial charge in [0.2, 0.25) is 0 Å². The first-order valence-corrected chi connectivity index (χ1v) is 14.9. The van der Waals surface area contributed by atoms with E-state index in [2.05, 4.69) is 0 Å². The van der Waals surface area contributed by atoms with E-state index in [1.165, 1.54) is 84.9 Å². The molecule has 51 heavy (non-hydrogen) atoms. The second-order valence-corrected chi connectivity index (χ2v) is 11.0. The van der Waals surface area contributed by atoms with Crippen LogP contribution in [0.2, 0.25) is 0 Å². The summed E-state index contributed by atoms with van der Waals surface area (Å²) in [6.45, 7) is 0. The Kier molecular flexibility index (Phi) is 8.89. The topological polar surface area (TPSA) is 202 Å². The van der Waals surface area contributed by atoms with E-state index in [1.54, 1.807) is 0 Å². The molecule has 0 unspecified atom stereocenters. The molecule has 0 radical (unpaired) electrons. The first-order chi connectivity index (χ1) is 24.4. The fourth-order valence-electron chi connectivity index (χ4n) is 5.24. The fraction of sp³-hybridized carbons (Fsp3) is 0.0270. The number of rotatable bonds is 10. The summed E-state index contributed by atoms with van der Waals surface area (Å²) in [5.41, 5.74) is 0.686. The zero-order valence-electron chi connectivity index (χ0n) is 26.0. The Morgan fingerprint density at radius 1 is 0.490 bits per heavy atom. The number of ether oxygens (including phenoxy) is 2. The number of imide groups is 2. The molecule has 6 rings (SSSR count). The Hall–Kier alpha value is -7.48. The SMILES string of the molecule is O=C(Oc1ccc(Cc2ccc(OC(=O)c3ccc(N4C(=O)C=CC4=O)cc3)c(C(=O)O)c2)cc1C(=O)O)c1ccc(N2C(=O)C=CC2=O)cc1. The van der Waals surface area contributed by atoms with Gasteiger partial charge in [0.05, 0.1) is 22.5 Å². The number of carboxylic acids is 2. The highest BCUT2D eigenvalue weighted by molar-refractivity contribution is 6.28. The van der Waals surface area contributed by atoms with Gasteiger partial charge in [0.15, 0.2) is 0 Å². The molecule has 0 atom stereocenters. The van der Waals surface area contributed by atoms with E-state index in [-0.39, 0.29) is 51.5 Å². The molecule has 2 aliphatic heterocycles. The highest BCUT2D eigenvalue weighted by Crippen LogP contribution is 2.28. The van der Waals surface area contributed by atoms with Gasteiger partial charge in [-0.3, -0.25) is 19.2 Å². The van der Waals surface area contributed by atoms with Gasteiger partial charge in [0.1, 0.15) is 22.6 Å². The van der Waals surface area contributed by atoms with Crippen LogP contribution in [0.4, 0.5) is 11.4 Å². The molecule has 0 saturated carbocycles. The number of carboxylic acid groups (broad SMARTS) is 2. The summed E-state index contributed by atoms with van der Waals surface area (Å²) >= 11 is 0. The van der Waals surface area contributed by atoms with E-state index in [9.17, 15) is 48.6 Å². The maximum atomic E-state index is 12.8. The van der Waals surface area contributed by atoms with Gasteiger partial charge in [-0.2, -0.15) is 0 Å². The van der Waals surface area contributed by atoms with Gasteiger partial charge in [-0.1, -0.05) is 12.1 Å². The second kappa shape index (κ2) is 13.6. The molecular formula is C37H22N2O12. The van der Waals surface area contributed by atoms with Crippen LogP contribution in [0.15, 0.2) is 109 Å². The lowest BCUT2D eigenvalue weighted by atomic mass is 10.00. The number of hydrogen-bond acceptors (Lipinski definition) is 10. The van der Waals surface area contributed by atoms with Crippen molar-refractivity contribution in [3.8, 4) is 11.5 Å². The Bertz CT molecular complexity index is 2060. The zero-order chi connectivity index (χ0) is 36.4. The van der Waals surface area contributed by atoms with Gasteiger partial charge < -0.3 is 19.7 Å². The number of nitrogens with zero attached hydrogens (tertiary/aromatic N) is 2. The van der Waals surface area contributed by atoms with Crippen molar-refractivity contribution in [2.24, 2.45) is 0 Å². The molecule has 4 amide bonds. The van der Waals surface area contributed by atoms with Gasteiger partial charge in [-0.05, 0) is 90.3 Å². The van der Waals surface area contributed by atoms with Crippen LogP contribution in [0.5, 0.6) is 11.5 Å². The molecule has 0 aromatic heterocycles. The van der Waals surface area contributed by atoms with Crippen LogP contribution in [0.3, 0.4) is 0 Å². The monoisotopic (exact) mass is 686 g/mol. The van der Waals surface area contributed by atoms with Crippen molar-refractivity contribution < 1.29 is 58.0 Å². The molecule has 2 N–H and O–H groups in total. The minimum absolute atomic E-state index is 0.0258. The molecule has 14 nitrogen and oxygen atoms in total. The highest BCUT2D eigenvalue weighted by Gasteiger charge is 2.27. The van der Waals surface area contributed by atoms with E-state index in [0.29, 0.717) is 11.1 Å². The van der Waals surface area contributed by atoms with Crippen molar-refractivity contribution >= 4 is 58.9 Å². The number of esters is 2. The third-order valence-electron chi connectivity index (χ3n) is 7.70. The van der Waals surface area contributed by atoms with Crippen molar-refractivity contribution in [3.63, 3.8) is 0 Å². The van der Waals surface area contributed by atoms with Crippen LogP contribution in [0.25, 0.3) is 0 Å². The smallest absolute Gasteiger partial charge is 0.343 e. The molecule has 252 valence electrons. The predicted molar refractivity (Wildman–Crippen MR) is 176 cm³/mol. The molecule has 4 aromatic carbocycles. The maximum absolute atomic E-state index is 12.8. The summed E-state index contributed by atoms with van der Waals surface area (Å²) in [5.74, 6) is -7.23. The van der Waals surface area contributed by atoms with Crippen molar-refractivity contribution in [2.75, 3.05) is 9.80 Å². The third-order valence-corrected chi connectivity index (χ3v) is 7.70. The van der Waals surface area contributed by atoms with E-state index in [0.717, 1.165) is 34.1 Å². The van der Waals surface area contributed by atoms with Crippen molar-refractivity contribution in [3.05, 3.63) is 143 Å². The lowest BCUT2D eigenvalue weighted by Gasteiger charge is -2.14. The number of carbonyl (C=O) groups excluding carboxylic acids is 6. The van der Waals surface area contributed by atoms with Gasteiger partial charge in [-0.25, -0.2) is 29.0 Å². The van der Waals surface area contributed by atoms with E-state index < -0.39 is 47.5 Å². The minimum Gasteiger partial charge on any atom is -0.478 e. The van der Waals surface area contributed by atoms with Gasteiger partial charge in [0.25, 0.3) is 23.6 Å². The van der Waals surface area contributed by atoms with Gasteiger partial charge in [-0.15, -0.1) is 0 Å². The van der Waals surface area contributed by atoms with Crippen LogP contribution in [-0.2, 0) is 25.6 Å². The number of anilines is 2. The summed E-state index contributed by atoms with van der Waals surface area (Å²) in [7, 11) is 0. The summed E-state index contributed by atoms with van der Waals surface area (Å²) in [4.78, 5) is 99.3. The summed E-state index contributed by atoms with van der Waals surface area (Å²) in [6, 6.07) is 18.9. The van der Waals surface area contributed by atoms with Crippen LogP contribution < -0.4 is 19.3 Å². The zero-order valence-corrected chi connectivity index (χ0v) is 26.0. The van der Waals surface area contributed by atoms with E-state index in [4.69, 9.17) is 9.47 Å². The molecule has 0 saturated heterocycles. The molecule has 0 bridgehead atoms. The number of carbonyl (C=O) groups is 8. The number of benzene rings is 4. The molecule has 4 aromatic rings. The average molecular weight is 687 g/mol. The number of amides is 4. The lowest BCUT2D eigenvalue weighted by Crippen LogP contribution is -2.29. The molecule has 0 fully saturated rings. The Morgan fingerprint density at radius 3 is 1.14 bits per heavy atom. The predicted octanol–water partition coefficient (Wildman–Crippen LogP) is 3.97. The second-order valence-electron chi connectivity index (χ2n) is 11.0. The molecule has 2 heterocycles. The summed E-state index contributed by atoms with van der Waals surface area (Å²) in [5, 5.41) is 19.7. The number of hydrogen-bond donors (Lipinski definition) is 2. The van der Waals surface area contributed by atoms with Crippen molar-refractivity contribution in [1.29, 1.82) is 0 Å². The third kappa shape index (κ3) is 6.91. The molecule has 0 spiro atoms. The Morgan fingerprint density at radius 2 is 0.824 bits per heavy atom. The van der Waals surface area contributed by atoms with Crippen LogP contribution in [-0.4, -0.2) is 57.7 Å². The van der Waals surface area contributed by atoms with Gasteiger partial charge in [0, 0.05) is 24.3 Å². The van der Waals surface area contributed by atoms with Crippen molar-refractivity contribution in [1.82, 2.24) is 0 Å². The van der Waals surface area contributed by atoms with Gasteiger partial charge >= 0.3 is 23.9 Å².